The summed E-state index contributed by atoms with van der Waals surface area (Å²) in [5, 5.41) is 14.4. The van der Waals surface area contributed by atoms with Crippen molar-refractivity contribution < 1.29 is 14.0 Å². The van der Waals surface area contributed by atoms with E-state index in [1.54, 1.807) is 26.0 Å². The molecule has 26 heavy (non-hydrogen) atoms. The summed E-state index contributed by atoms with van der Waals surface area (Å²) in [6.07, 6.45) is 2.04. The van der Waals surface area contributed by atoms with Crippen LogP contribution in [0.3, 0.4) is 0 Å². The van der Waals surface area contributed by atoms with Crippen LogP contribution in [-0.2, 0) is 11.2 Å². The maximum Gasteiger partial charge on any atom is 0.287 e. The first-order chi connectivity index (χ1) is 12.4. The number of hydrogen-bond acceptors (Lipinski definition) is 5. The van der Waals surface area contributed by atoms with Gasteiger partial charge in [0.25, 0.3) is 11.5 Å². The molecular formula is C18H20N4O4. The van der Waals surface area contributed by atoms with Gasteiger partial charge in [0.2, 0.25) is 5.91 Å². The lowest BCUT2D eigenvalue weighted by Crippen LogP contribution is -2.34. The van der Waals surface area contributed by atoms with Gasteiger partial charge < -0.3 is 20.0 Å². The second-order valence-electron chi connectivity index (χ2n) is 5.75. The Bertz CT molecular complexity index is 891. The molecule has 8 heteroatoms. The fourth-order valence-electron chi connectivity index (χ4n) is 2.62. The van der Waals surface area contributed by atoms with Crippen LogP contribution in [0.2, 0.25) is 0 Å². The van der Waals surface area contributed by atoms with Gasteiger partial charge >= 0.3 is 0 Å². The predicted octanol–water partition coefficient (Wildman–Crippen LogP) is 0.935. The summed E-state index contributed by atoms with van der Waals surface area (Å²) in [5.41, 5.74) is 1.72. The number of aromatic nitrogens is 1. The number of aromatic amines is 1. The smallest absolute Gasteiger partial charge is 0.287 e. The van der Waals surface area contributed by atoms with Crippen molar-refractivity contribution in [3.05, 3.63) is 56.9 Å². The molecule has 0 spiro atoms. The quantitative estimate of drug-likeness (QED) is 0.636. The third-order valence-electron chi connectivity index (χ3n) is 4.00. The van der Waals surface area contributed by atoms with E-state index in [0.29, 0.717) is 17.7 Å². The summed E-state index contributed by atoms with van der Waals surface area (Å²) in [4.78, 5) is 37.9. The van der Waals surface area contributed by atoms with Gasteiger partial charge in [-0.3, -0.25) is 14.4 Å². The summed E-state index contributed by atoms with van der Waals surface area (Å²) in [7, 11) is 0. The van der Waals surface area contributed by atoms with Gasteiger partial charge in [0.05, 0.1) is 6.26 Å². The molecule has 8 nitrogen and oxygen atoms in total. The first kappa shape index (κ1) is 19.0. The van der Waals surface area contributed by atoms with Crippen LogP contribution in [0.5, 0.6) is 0 Å². The highest BCUT2D eigenvalue weighted by atomic mass is 16.3. The molecule has 0 saturated heterocycles. The number of H-pyrrole nitrogens is 1. The minimum Gasteiger partial charge on any atom is -0.459 e. The Morgan fingerprint density at radius 3 is 2.65 bits per heavy atom. The van der Waals surface area contributed by atoms with Gasteiger partial charge in [-0.25, -0.2) is 0 Å². The molecule has 0 aliphatic carbocycles. The third-order valence-corrected chi connectivity index (χ3v) is 4.00. The van der Waals surface area contributed by atoms with E-state index in [4.69, 9.17) is 9.68 Å². The summed E-state index contributed by atoms with van der Waals surface area (Å²) in [6.45, 7) is 4.02. The standard InChI is InChI=1S/C18H20N4O4/c1-11-13(12(2)22-17(24)14(11)10-19)5-6-16(23)20-7-8-21-18(25)15-4-3-9-26-15/h3-4,9H,5-8H2,1-2H3,(H,20,23)(H,21,25)(H,22,24). The fraction of sp³-hybridized carbons (Fsp3) is 0.333. The van der Waals surface area contributed by atoms with Crippen molar-refractivity contribution in [1.29, 1.82) is 5.26 Å². The maximum atomic E-state index is 12.0. The molecule has 0 fully saturated rings. The van der Waals surface area contributed by atoms with Crippen LogP contribution in [0.4, 0.5) is 0 Å². The molecular weight excluding hydrogens is 336 g/mol. The number of pyridine rings is 1. The molecule has 0 aromatic carbocycles. The Labute approximate surface area is 150 Å². The van der Waals surface area contributed by atoms with Crippen molar-refractivity contribution >= 4 is 11.8 Å². The maximum absolute atomic E-state index is 12.0. The zero-order chi connectivity index (χ0) is 19.1. The molecule has 3 N–H and O–H groups in total. The summed E-state index contributed by atoms with van der Waals surface area (Å²) in [5.74, 6) is -0.304. The second-order valence-corrected chi connectivity index (χ2v) is 5.75. The van der Waals surface area contributed by atoms with Gasteiger partial charge in [-0.05, 0) is 43.5 Å². The summed E-state index contributed by atoms with van der Waals surface area (Å²) < 4.78 is 4.96. The normalized spacial score (nSPS) is 10.2. The number of carbonyl (C=O) groups is 2. The number of rotatable bonds is 7. The SMILES string of the molecule is Cc1[nH]c(=O)c(C#N)c(C)c1CCC(=O)NCCNC(=O)c1ccco1. The lowest BCUT2D eigenvalue weighted by molar-refractivity contribution is -0.121. The Hall–Kier alpha value is -3.34. The lowest BCUT2D eigenvalue weighted by Gasteiger charge is -2.11. The van der Waals surface area contributed by atoms with Gasteiger partial charge in [-0.2, -0.15) is 5.26 Å². The lowest BCUT2D eigenvalue weighted by atomic mass is 9.99. The van der Waals surface area contributed by atoms with E-state index in [1.165, 1.54) is 6.26 Å². The minimum atomic E-state index is -0.414. The van der Waals surface area contributed by atoms with E-state index < -0.39 is 5.56 Å². The molecule has 2 rings (SSSR count). The zero-order valence-corrected chi connectivity index (χ0v) is 14.6. The fourth-order valence-corrected chi connectivity index (χ4v) is 2.62. The van der Waals surface area contributed by atoms with Crippen molar-refractivity contribution in [2.45, 2.75) is 26.7 Å². The third kappa shape index (κ3) is 4.60. The van der Waals surface area contributed by atoms with Gasteiger partial charge in [-0.1, -0.05) is 0 Å². The number of nitriles is 1. The first-order valence-electron chi connectivity index (χ1n) is 8.15. The van der Waals surface area contributed by atoms with Gasteiger partial charge in [0.1, 0.15) is 11.6 Å². The molecule has 0 atom stereocenters. The number of nitrogens with one attached hydrogen (secondary N) is 3. The first-order valence-corrected chi connectivity index (χ1v) is 8.15. The van der Waals surface area contributed by atoms with E-state index >= 15 is 0 Å². The molecule has 0 saturated carbocycles. The van der Waals surface area contributed by atoms with Crippen LogP contribution in [0.25, 0.3) is 0 Å². The van der Waals surface area contributed by atoms with Crippen molar-refractivity contribution in [1.82, 2.24) is 15.6 Å². The summed E-state index contributed by atoms with van der Waals surface area (Å²) >= 11 is 0. The highest BCUT2D eigenvalue weighted by Gasteiger charge is 2.13. The number of carbonyl (C=O) groups excluding carboxylic acids is 2. The molecule has 0 aliphatic rings. The minimum absolute atomic E-state index is 0.0756. The van der Waals surface area contributed by atoms with E-state index in [2.05, 4.69) is 15.6 Å². The highest BCUT2D eigenvalue weighted by molar-refractivity contribution is 5.91. The Morgan fingerprint density at radius 1 is 1.27 bits per heavy atom. The van der Waals surface area contributed by atoms with E-state index in [-0.39, 0.29) is 42.6 Å². The molecule has 0 bridgehead atoms. The molecule has 0 aliphatic heterocycles. The van der Waals surface area contributed by atoms with Crippen LogP contribution in [0, 0.1) is 25.2 Å². The van der Waals surface area contributed by atoms with Crippen LogP contribution >= 0.6 is 0 Å². The molecule has 136 valence electrons. The van der Waals surface area contributed by atoms with Gasteiger partial charge in [0, 0.05) is 25.2 Å². The molecule has 2 aromatic rings. The largest absolute Gasteiger partial charge is 0.459 e. The molecule has 2 amide bonds. The van der Waals surface area contributed by atoms with Crippen LogP contribution in [0.1, 0.15) is 39.4 Å². The monoisotopic (exact) mass is 356 g/mol. The molecule has 2 heterocycles. The number of hydrogen-bond donors (Lipinski definition) is 3. The Kier molecular flexibility index (Phi) is 6.33. The van der Waals surface area contributed by atoms with E-state index in [9.17, 15) is 14.4 Å². The molecule has 0 radical (unpaired) electrons. The highest BCUT2D eigenvalue weighted by Crippen LogP contribution is 2.14. The number of furan rings is 1. The molecule has 0 unspecified atom stereocenters. The van der Waals surface area contributed by atoms with Crippen molar-refractivity contribution in [3.8, 4) is 6.07 Å². The predicted molar refractivity (Wildman–Crippen MR) is 93.6 cm³/mol. The topological polar surface area (TPSA) is 128 Å². The number of nitrogens with zero attached hydrogens (tertiary/aromatic N) is 1. The number of aryl methyl sites for hydroxylation is 1. The zero-order valence-electron chi connectivity index (χ0n) is 14.6. The Morgan fingerprint density at radius 2 is 2.00 bits per heavy atom. The van der Waals surface area contributed by atoms with Crippen LogP contribution < -0.4 is 16.2 Å². The summed E-state index contributed by atoms with van der Waals surface area (Å²) in [6, 6.07) is 5.06. The van der Waals surface area contributed by atoms with Crippen LogP contribution in [-0.4, -0.2) is 29.9 Å². The van der Waals surface area contributed by atoms with Crippen molar-refractivity contribution in [2.24, 2.45) is 0 Å². The number of amides is 2. The van der Waals surface area contributed by atoms with Crippen molar-refractivity contribution in [2.75, 3.05) is 13.1 Å². The average Bonchev–Trinajstić information content (AvgIpc) is 3.13. The Balaban J connectivity index is 1.80. The van der Waals surface area contributed by atoms with E-state index in [1.807, 2.05) is 6.07 Å². The average molecular weight is 356 g/mol. The van der Waals surface area contributed by atoms with Gasteiger partial charge in [-0.15, -0.1) is 0 Å². The van der Waals surface area contributed by atoms with Crippen molar-refractivity contribution in [3.63, 3.8) is 0 Å². The van der Waals surface area contributed by atoms with Gasteiger partial charge in [0.15, 0.2) is 5.76 Å². The second kappa shape index (κ2) is 8.67. The molecule has 2 aromatic heterocycles. The van der Waals surface area contributed by atoms with Crippen LogP contribution in [0.15, 0.2) is 27.6 Å². The van der Waals surface area contributed by atoms with E-state index in [0.717, 1.165) is 5.56 Å².